The van der Waals surface area contributed by atoms with Crippen molar-refractivity contribution in [2.45, 2.75) is 6.42 Å². The number of nitrogens with one attached hydrogen (secondary N) is 1. The number of rotatable bonds is 5. The Bertz CT molecular complexity index is 528. The predicted molar refractivity (Wildman–Crippen MR) is 70.4 cm³/mol. The maximum absolute atomic E-state index is 11.5. The van der Waals surface area contributed by atoms with Crippen LogP contribution in [0.1, 0.15) is 6.42 Å². The highest BCUT2D eigenvalue weighted by Crippen LogP contribution is 2.13. The van der Waals surface area contributed by atoms with Gasteiger partial charge in [0.1, 0.15) is 0 Å². The minimum Gasteiger partial charge on any atom is -0.384 e. The molecule has 0 unspecified atom stereocenters. The van der Waals surface area contributed by atoms with Gasteiger partial charge in [0.2, 0.25) is 5.91 Å². The molecule has 0 atom stereocenters. The van der Waals surface area contributed by atoms with E-state index in [4.69, 9.17) is 4.74 Å². The summed E-state index contributed by atoms with van der Waals surface area (Å²) in [4.78, 5) is 23.8. The first-order valence-corrected chi connectivity index (χ1v) is 5.81. The number of methoxy groups -OCH3 is 1. The van der Waals surface area contributed by atoms with Crippen LogP contribution in [-0.2, 0) is 9.53 Å². The van der Waals surface area contributed by atoms with Crippen LogP contribution in [0.15, 0.2) is 36.9 Å². The number of hydrogen-bond donors (Lipinski definition) is 1. The largest absolute Gasteiger partial charge is 0.384 e. The van der Waals surface area contributed by atoms with Crippen LogP contribution in [0.25, 0.3) is 11.4 Å². The molecule has 0 fully saturated rings. The molecule has 0 aliphatic carbocycles. The maximum Gasteiger partial charge on any atom is 0.226 e. The molecule has 2 aromatic heterocycles. The highest BCUT2D eigenvalue weighted by Gasteiger charge is 2.04. The maximum atomic E-state index is 11.5. The van der Waals surface area contributed by atoms with Gasteiger partial charge in [-0.05, 0) is 12.1 Å². The van der Waals surface area contributed by atoms with Crippen molar-refractivity contribution in [3.8, 4) is 11.4 Å². The highest BCUT2D eigenvalue weighted by molar-refractivity contribution is 5.90. The number of ether oxygens (including phenoxy) is 1. The molecule has 0 bridgehead atoms. The van der Waals surface area contributed by atoms with Crippen molar-refractivity contribution >= 4 is 11.6 Å². The summed E-state index contributed by atoms with van der Waals surface area (Å²) < 4.78 is 4.83. The lowest BCUT2D eigenvalue weighted by atomic mass is 10.3. The van der Waals surface area contributed by atoms with E-state index in [0.717, 1.165) is 5.56 Å². The fraction of sp³-hybridized carbons (Fsp3) is 0.231. The van der Waals surface area contributed by atoms with Crippen LogP contribution in [0.4, 0.5) is 5.69 Å². The zero-order valence-electron chi connectivity index (χ0n) is 10.5. The predicted octanol–water partition coefficient (Wildman–Crippen LogP) is 1.51. The van der Waals surface area contributed by atoms with E-state index in [-0.39, 0.29) is 5.91 Å². The summed E-state index contributed by atoms with van der Waals surface area (Å²) in [6.07, 6.45) is 6.82. The Labute approximate surface area is 110 Å². The molecule has 2 rings (SSSR count). The second-order valence-electron chi connectivity index (χ2n) is 3.83. The minimum atomic E-state index is -0.125. The molecule has 6 heteroatoms. The van der Waals surface area contributed by atoms with Gasteiger partial charge in [-0.15, -0.1) is 0 Å². The van der Waals surface area contributed by atoms with E-state index in [0.29, 0.717) is 24.5 Å². The van der Waals surface area contributed by atoms with Gasteiger partial charge in [0.05, 0.1) is 31.1 Å². The van der Waals surface area contributed by atoms with Crippen LogP contribution < -0.4 is 5.32 Å². The minimum absolute atomic E-state index is 0.125. The fourth-order valence-corrected chi connectivity index (χ4v) is 1.45. The number of hydrogen-bond acceptors (Lipinski definition) is 5. The third-order valence-corrected chi connectivity index (χ3v) is 2.39. The number of aromatic nitrogens is 3. The summed E-state index contributed by atoms with van der Waals surface area (Å²) >= 11 is 0. The molecular formula is C13H14N4O2. The summed E-state index contributed by atoms with van der Waals surface area (Å²) in [6.45, 7) is 0.389. The van der Waals surface area contributed by atoms with Gasteiger partial charge in [-0.25, -0.2) is 9.97 Å². The Hall–Kier alpha value is -2.34. The third-order valence-electron chi connectivity index (χ3n) is 2.39. The Morgan fingerprint density at radius 2 is 2.11 bits per heavy atom. The van der Waals surface area contributed by atoms with E-state index in [1.54, 1.807) is 31.9 Å². The van der Waals surface area contributed by atoms with Crippen LogP contribution in [-0.4, -0.2) is 34.6 Å². The number of amides is 1. The van der Waals surface area contributed by atoms with Gasteiger partial charge in [-0.3, -0.25) is 9.78 Å². The second-order valence-corrected chi connectivity index (χ2v) is 3.83. The zero-order valence-corrected chi connectivity index (χ0v) is 10.5. The molecule has 1 N–H and O–H groups in total. The number of pyridine rings is 1. The molecule has 2 heterocycles. The molecule has 0 radical (unpaired) electrons. The molecule has 1 amide bonds. The Kier molecular flexibility index (Phi) is 4.52. The van der Waals surface area contributed by atoms with Gasteiger partial charge in [-0.2, -0.15) is 0 Å². The van der Waals surface area contributed by atoms with Crippen molar-refractivity contribution in [2.24, 2.45) is 0 Å². The van der Waals surface area contributed by atoms with Crippen LogP contribution in [0.5, 0.6) is 0 Å². The van der Waals surface area contributed by atoms with Crippen LogP contribution in [0, 0.1) is 0 Å². The van der Waals surface area contributed by atoms with Gasteiger partial charge in [0.25, 0.3) is 0 Å². The molecule has 0 saturated heterocycles. The van der Waals surface area contributed by atoms with Crippen LogP contribution in [0.2, 0.25) is 0 Å². The van der Waals surface area contributed by atoms with E-state index in [1.165, 1.54) is 0 Å². The number of nitrogens with zero attached hydrogens (tertiary/aromatic N) is 3. The molecular weight excluding hydrogens is 244 g/mol. The monoisotopic (exact) mass is 258 g/mol. The standard InChI is InChI=1S/C13H14N4O2/c1-19-6-4-12(18)17-11-8-15-13(16-9-11)10-3-2-5-14-7-10/h2-3,5,7-9H,4,6H2,1H3,(H,17,18). The SMILES string of the molecule is COCCC(=O)Nc1cnc(-c2cccnc2)nc1. The summed E-state index contributed by atoms with van der Waals surface area (Å²) in [7, 11) is 1.55. The van der Waals surface area contributed by atoms with Crippen molar-refractivity contribution in [2.75, 3.05) is 19.0 Å². The summed E-state index contributed by atoms with van der Waals surface area (Å²) in [5, 5.41) is 2.70. The molecule has 6 nitrogen and oxygen atoms in total. The second kappa shape index (κ2) is 6.55. The first-order valence-electron chi connectivity index (χ1n) is 5.81. The van der Waals surface area contributed by atoms with Gasteiger partial charge < -0.3 is 10.1 Å². The lowest BCUT2D eigenvalue weighted by Crippen LogP contribution is -2.14. The van der Waals surface area contributed by atoms with Gasteiger partial charge in [0, 0.05) is 25.1 Å². The molecule has 19 heavy (non-hydrogen) atoms. The van der Waals surface area contributed by atoms with E-state index in [1.807, 2.05) is 12.1 Å². The molecule has 0 aliphatic rings. The molecule has 98 valence electrons. The summed E-state index contributed by atoms with van der Waals surface area (Å²) in [6, 6.07) is 3.69. The number of carbonyl (C=O) groups is 1. The molecule has 2 aromatic rings. The third kappa shape index (κ3) is 3.82. The Balaban J connectivity index is 2.01. The topological polar surface area (TPSA) is 77.0 Å². The number of anilines is 1. The molecule has 0 spiro atoms. The quantitative estimate of drug-likeness (QED) is 0.879. The lowest BCUT2D eigenvalue weighted by Gasteiger charge is -2.05. The summed E-state index contributed by atoms with van der Waals surface area (Å²) in [5.74, 6) is 0.447. The van der Waals surface area contributed by atoms with Crippen LogP contribution in [0.3, 0.4) is 0 Å². The molecule has 0 saturated carbocycles. The van der Waals surface area contributed by atoms with Gasteiger partial charge >= 0.3 is 0 Å². The van der Waals surface area contributed by atoms with E-state index in [9.17, 15) is 4.79 Å². The lowest BCUT2D eigenvalue weighted by molar-refractivity contribution is -0.117. The Morgan fingerprint density at radius 1 is 1.32 bits per heavy atom. The van der Waals surface area contributed by atoms with Crippen molar-refractivity contribution in [1.82, 2.24) is 15.0 Å². The smallest absolute Gasteiger partial charge is 0.226 e. The first kappa shape index (κ1) is 13.1. The van der Waals surface area contributed by atoms with E-state index in [2.05, 4.69) is 20.3 Å². The Morgan fingerprint density at radius 3 is 2.74 bits per heavy atom. The normalized spacial score (nSPS) is 10.2. The zero-order chi connectivity index (χ0) is 13.5. The van der Waals surface area contributed by atoms with Crippen molar-refractivity contribution in [3.63, 3.8) is 0 Å². The summed E-state index contributed by atoms with van der Waals surface area (Å²) in [5.41, 5.74) is 1.40. The van der Waals surface area contributed by atoms with Gasteiger partial charge in [0.15, 0.2) is 5.82 Å². The average Bonchev–Trinajstić information content (AvgIpc) is 2.47. The first-order chi connectivity index (χ1) is 9.29. The molecule has 0 aliphatic heterocycles. The van der Waals surface area contributed by atoms with Crippen molar-refractivity contribution in [3.05, 3.63) is 36.9 Å². The number of carbonyl (C=O) groups excluding carboxylic acids is 1. The van der Waals surface area contributed by atoms with Crippen molar-refractivity contribution in [1.29, 1.82) is 0 Å². The average molecular weight is 258 g/mol. The fourth-order valence-electron chi connectivity index (χ4n) is 1.45. The van der Waals surface area contributed by atoms with Gasteiger partial charge in [-0.1, -0.05) is 0 Å². The van der Waals surface area contributed by atoms with Crippen molar-refractivity contribution < 1.29 is 9.53 Å². The van der Waals surface area contributed by atoms with Crippen LogP contribution >= 0.6 is 0 Å². The van der Waals surface area contributed by atoms with E-state index >= 15 is 0 Å². The van der Waals surface area contributed by atoms with E-state index < -0.39 is 0 Å². The molecule has 0 aromatic carbocycles. The highest BCUT2D eigenvalue weighted by atomic mass is 16.5.